The van der Waals surface area contributed by atoms with Gasteiger partial charge in [-0.3, -0.25) is 4.79 Å². The van der Waals surface area contributed by atoms with Crippen LogP contribution >= 0.6 is 0 Å². The zero-order valence-electron chi connectivity index (χ0n) is 17.3. The average molecular weight is 402 g/mol. The summed E-state index contributed by atoms with van der Waals surface area (Å²) in [7, 11) is 0. The van der Waals surface area contributed by atoms with Crippen molar-refractivity contribution in [3.8, 4) is 11.6 Å². The number of amides is 1. The number of carbonyl (C=O) groups is 1. The van der Waals surface area contributed by atoms with Gasteiger partial charge in [-0.15, -0.1) is 0 Å². The molecule has 1 atom stereocenters. The lowest BCUT2D eigenvalue weighted by atomic mass is 9.97. The van der Waals surface area contributed by atoms with Crippen molar-refractivity contribution in [3.05, 3.63) is 72.1 Å². The highest BCUT2D eigenvalue weighted by atomic mass is 16.5. The summed E-state index contributed by atoms with van der Waals surface area (Å²) in [6.45, 7) is 5.52. The zero-order chi connectivity index (χ0) is 20.9. The molecule has 154 valence electrons. The lowest BCUT2D eigenvalue weighted by Crippen LogP contribution is -2.41. The summed E-state index contributed by atoms with van der Waals surface area (Å²) in [6, 6.07) is 15.5. The number of benzene rings is 2. The van der Waals surface area contributed by atoms with Gasteiger partial charge in [0.05, 0.1) is 5.92 Å². The highest BCUT2D eigenvalue weighted by Gasteiger charge is 2.28. The summed E-state index contributed by atoms with van der Waals surface area (Å²) in [4.78, 5) is 23.9. The molecule has 0 unspecified atom stereocenters. The van der Waals surface area contributed by atoms with Crippen molar-refractivity contribution >= 4 is 17.4 Å². The fraction of sp³-hybridized carbons (Fsp3) is 0.292. The first-order chi connectivity index (χ1) is 14.6. The molecule has 1 saturated heterocycles. The topological polar surface area (TPSA) is 67.4 Å². The van der Waals surface area contributed by atoms with Gasteiger partial charge in [-0.25, -0.2) is 9.97 Å². The minimum absolute atomic E-state index is 0.0392. The molecule has 1 aliphatic rings. The molecule has 1 aromatic heterocycles. The predicted molar refractivity (Wildman–Crippen MR) is 118 cm³/mol. The van der Waals surface area contributed by atoms with E-state index >= 15 is 0 Å². The quantitative estimate of drug-likeness (QED) is 0.668. The molecular weight excluding hydrogens is 376 g/mol. The lowest BCUT2D eigenvalue weighted by molar-refractivity contribution is -0.120. The van der Waals surface area contributed by atoms with Crippen molar-refractivity contribution in [1.29, 1.82) is 0 Å². The van der Waals surface area contributed by atoms with Crippen LogP contribution in [0.1, 0.15) is 24.0 Å². The Hall–Kier alpha value is -3.41. The van der Waals surface area contributed by atoms with Crippen LogP contribution in [-0.2, 0) is 4.79 Å². The first-order valence-electron chi connectivity index (χ1n) is 10.3. The highest BCUT2D eigenvalue weighted by molar-refractivity contribution is 5.93. The summed E-state index contributed by atoms with van der Waals surface area (Å²) < 4.78 is 5.96. The van der Waals surface area contributed by atoms with Crippen molar-refractivity contribution < 1.29 is 9.53 Å². The van der Waals surface area contributed by atoms with E-state index in [4.69, 9.17) is 4.74 Å². The van der Waals surface area contributed by atoms with Crippen LogP contribution in [0.4, 0.5) is 11.5 Å². The van der Waals surface area contributed by atoms with Crippen molar-refractivity contribution in [1.82, 2.24) is 9.97 Å². The summed E-state index contributed by atoms with van der Waals surface area (Å²) >= 11 is 0. The van der Waals surface area contributed by atoms with Crippen LogP contribution in [0.15, 0.2) is 60.9 Å². The van der Waals surface area contributed by atoms with E-state index in [-0.39, 0.29) is 11.8 Å². The molecule has 0 bridgehead atoms. The van der Waals surface area contributed by atoms with Crippen LogP contribution in [0.25, 0.3) is 0 Å². The largest absolute Gasteiger partial charge is 0.436 e. The Morgan fingerprint density at radius 3 is 2.67 bits per heavy atom. The molecule has 6 heteroatoms. The maximum atomic E-state index is 12.9. The van der Waals surface area contributed by atoms with Crippen molar-refractivity contribution in [2.75, 3.05) is 23.3 Å². The SMILES string of the molecule is Cc1ccc(NC(=O)[C@@H]2CCCN(c3nccnc3Oc3ccccc3)C2)cc1C. The minimum atomic E-state index is -0.119. The molecule has 2 heterocycles. The number of aryl methyl sites for hydroxylation is 2. The maximum Gasteiger partial charge on any atom is 0.263 e. The predicted octanol–water partition coefficient (Wildman–Crippen LogP) is 4.74. The molecule has 1 aliphatic heterocycles. The number of ether oxygens (including phenoxy) is 1. The van der Waals surface area contributed by atoms with Crippen LogP contribution in [0.2, 0.25) is 0 Å². The molecule has 30 heavy (non-hydrogen) atoms. The molecule has 0 aliphatic carbocycles. The first kappa shape index (κ1) is 19.9. The number of carbonyl (C=O) groups excluding carboxylic acids is 1. The number of nitrogens with zero attached hydrogens (tertiary/aromatic N) is 3. The highest BCUT2D eigenvalue weighted by Crippen LogP contribution is 2.31. The number of aromatic nitrogens is 2. The third-order valence-electron chi connectivity index (χ3n) is 5.47. The summed E-state index contributed by atoms with van der Waals surface area (Å²) in [5.41, 5.74) is 3.22. The van der Waals surface area contributed by atoms with Gasteiger partial charge in [0.15, 0.2) is 5.82 Å². The third kappa shape index (κ3) is 4.59. The Kier molecular flexibility index (Phi) is 5.93. The summed E-state index contributed by atoms with van der Waals surface area (Å²) in [5.74, 6) is 1.76. The Bertz CT molecular complexity index is 1020. The number of para-hydroxylation sites is 1. The summed E-state index contributed by atoms with van der Waals surface area (Å²) in [5, 5.41) is 3.07. The Balaban J connectivity index is 1.47. The number of hydrogen-bond acceptors (Lipinski definition) is 5. The van der Waals surface area contributed by atoms with Gasteiger partial charge in [0.2, 0.25) is 5.91 Å². The zero-order valence-corrected chi connectivity index (χ0v) is 17.3. The molecule has 2 aromatic carbocycles. The third-order valence-corrected chi connectivity index (χ3v) is 5.47. The number of anilines is 2. The minimum Gasteiger partial charge on any atom is -0.436 e. The number of rotatable bonds is 5. The maximum absolute atomic E-state index is 12.9. The van der Waals surface area contributed by atoms with Gasteiger partial charge in [0.1, 0.15) is 5.75 Å². The van der Waals surface area contributed by atoms with E-state index in [1.165, 1.54) is 11.1 Å². The van der Waals surface area contributed by atoms with Crippen LogP contribution in [0.5, 0.6) is 11.6 Å². The van der Waals surface area contributed by atoms with Gasteiger partial charge in [-0.2, -0.15) is 0 Å². The first-order valence-corrected chi connectivity index (χ1v) is 10.3. The number of piperidine rings is 1. The molecule has 1 amide bonds. The fourth-order valence-corrected chi connectivity index (χ4v) is 3.65. The molecule has 0 radical (unpaired) electrons. The molecule has 3 aromatic rings. The van der Waals surface area contributed by atoms with Crippen molar-refractivity contribution in [2.45, 2.75) is 26.7 Å². The average Bonchev–Trinajstić information content (AvgIpc) is 2.77. The van der Waals surface area contributed by atoms with Crippen LogP contribution in [0.3, 0.4) is 0 Å². The monoisotopic (exact) mass is 402 g/mol. The van der Waals surface area contributed by atoms with Crippen molar-refractivity contribution in [2.24, 2.45) is 5.92 Å². The van der Waals surface area contributed by atoms with E-state index in [1.807, 2.05) is 48.5 Å². The smallest absolute Gasteiger partial charge is 0.263 e. The van der Waals surface area contributed by atoms with Gasteiger partial charge in [-0.05, 0) is 62.1 Å². The molecular formula is C24H26N4O2. The van der Waals surface area contributed by atoms with Gasteiger partial charge < -0.3 is 15.0 Å². The fourth-order valence-electron chi connectivity index (χ4n) is 3.65. The van der Waals surface area contributed by atoms with Crippen LogP contribution in [0, 0.1) is 19.8 Å². The van der Waals surface area contributed by atoms with E-state index < -0.39 is 0 Å². The molecule has 6 nitrogen and oxygen atoms in total. The van der Waals surface area contributed by atoms with Crippen molar-refractivity contribution in [3.63, 3.8) is 0 Å². The number of hydrogen-bond donors (Lipinski definition) is 1. The molecule has 1 N–H and O–H groups in total. The second-order valence-corrected chi connectivity index (χ2v) is 7.67. The van der Waals surface area contributed by atoms with E-state index in [0.29, 0.717) is 24.0 Å². The van der Waals surface area contributed by atoms with E-state index in [1.54, 1.807) is 12.4 Å². The molecule has 1 fully saturated rings. The molecule has 0 spiro atoms. The van der Waals surface area contributed by atoms with E-state index in [2.05, 4.69) is 34.0 Å². The number of nitrogens with one attached hydrogen (secondary N) is 1. The lowest BCUT2D eigenvalue weighted by Gasteiger charge is -2.33. The van der Waals surface area contributed by atoms with Gasteiger partial charge >= 0.3 is 0 Å². The van der Waals surface area contributed by atoms with E-state index in [0.717, 1.165) is 25.1 Å². The van der Waals surface area contributed by atoms with Gasteiger partial charge in [0, 0.05) is 31.2 Å². The van der Waals surface area contributed by atoms with Crippen LogP contribution < -0.4 is 15.0 Å². The van der Waals surface area contributed by atoms with Gasteiger partial charge in [-0.1, -0.05) is 24.3 Å². The summed E-state index contributed by atoms with van der Waals surface area (Å²) in [6.07, 6.45) is 5.04. The normalized spacial score (nSPS) is 16.2. The Morgan fingerprint density at radius 1 is 1.07 bits per heavy atom. The van der Waals surface area contributed by atoms with Crippen LogP contribution in [-0.4, -0.2) is 29.0 Å². The second-order valence-electron chi connectivity index (χ2n) is 7.67. The Labute approximate surface area is 176 Å². The molecule has 0 saturated carbocycles. The van der Waals surface area contributed by atoms with Gasteiger partial charge in [0.25, 0.3) is 5.88 Å². The Morgan fingerprint density at radius 2 is 1.87 bits per heavy atom. The molecule has 4 rings (SSSR count). The standard InChI is InChI=1S/C24H26N4O2/c1-17-10-11-20(15-18(17)2)27-23(29)19-7-6-14-28(16-19)22-24(26-13-12-25-22)30-21-8-4-3-5-9-21/h3-5,8-13,15,19H,6-7,14,16H2,1-2H3,(H,27,29)/t19-/m1/s1. The van der Waals surface area contributed by atoms with E-state index in [9.17, 15) is 4.79 Å². The second kappa shape index (κ2) is 8.95.